The zero-order valence-electron chi connectivity index (χ0n) is 14.7. The van der Waals surface area contributed by atoms with Crippen molar-refractivity contribution < 1.29 is 9.84 Å². The molecule has 2 nitrogen and oxygen atoms in total. The van der Waals surface area contributed by atoms with Crippen LogP contribution in [0, 0.1) is 5.92 Å². The maximum Gasteiger partial charge on any atom is 0.118 e. The first kappa shape index (κ1) is 17.5. The van der Waals surface area contributed by atoms with Crippen LogP contribution in [-0.2, 0) is 4.74 Å². The fraction of sp³-hybridized carbons (Fsp3) is 0.700. The Bertz CT molecular complexity index is 470. The van der Waals surface area contributed by atoms with Gasteiger partial charge in [0.2, 0.25) is 0 Å². The van der Waals surface area contributed by atoms with Crippen LogP contribution < -0.4 is 0 Å². The molecule has 1 aliphatic carbocycles. The molecular weight excluding hydrogens is 272 g/mol. The molecule has 1 N–H and O–H groups in total. The van der Waals surface area contributed by atoms with Gasteiger partial charge in [0.15, 0.2) is 0 Å². The van der Waals surface area contributed by atoms with Crippen LogP contribution in [0.15, 0.2) is 34.9 Å². The first-order valence-corrected chi connectivity index (χ1v) is 8.77. The minimum Gasteiger partial charge on any atom is -0.393 e. The number of allylic oxidation sites excluding steroid dienone is 6. The number of fused-ring (bicyclic) bond motifs is 1. The Balaban J connectivity index is 2.12. The Labute approximate surface area is 136 Å². The topological polar surface area (TPSA) is 32.8 Å². The van der Waals surface area contributed by atoms with E-state index in [4.69, 9.17) is 4.74 Å². The third kappa shape index (κ3) is 4.57. The molecule has 124 valence electrons. The van der Waals surface area contributed by atoms with E-state index in [1.807, 2.05) is 0 Å². The largest absolute Gasteiger partial charge is 0.393 e. The van der Waals surface area contributed by atoms with Crippen molar-refractivity contribution in [2.45, 2.75) is 77.9 Å². The van der Waals surface area contributed by atoms with E-state index in [1.165, 1.54) is 16.7 Å². The van der Waals surface area contributed by atoms with Gasteiger partial charge < -0.3 is 9.84 Å². The van der Waals surface area contributed by atoms with Crippen molar-refractivity contribution in [2.24, 2.45) is 5.92 Å². The number of epoxide rings is 1. The Kier molecular flexibility index (Phi) is 6.05. The van der Waals surface area contributed by atoms with Gasteiger partial charge in [0.1, 0.15) is 5.60 Å². The average Bonchev–Trinajstić information content (AvgIpc) is 3.18. The predicted octanol–water partition coefficient (Wildman–Crippen LogP) is 4.95. The lowest BCUT2D eigenvalue weighted by atomic mass is 9.92. The summed E-state index contributed by atoms with van der Waals surface area (Å²) in [6, 6.07) is 0. The van der Waals surface area contributed by atoms with Crippen LogP contribution in [0.1, 0.15) is 66.2 Å². The van der Waals surface area contributed by atoms with Gasteiger partial charge in [-0.2, -0.15) is 0 Å². The zero-order valence-corrected chi connectivity index (χ0v) is 14.7. The van der Waals surface area contributed by atoms with Crippen LogP contribution in [0.2, 0.25) is 0 Å². The normalized spacial score (nSPS) is 37.9. The third-order valence-electron chi connectivity index (χ3n) is 5.17. The van der Waals surface area contributed by atoms with Gasteiger partial charge in [-0.25, -0.2) is 0 Å². The highest BCUT2D eigenvalue weighted by Gasteiger charge is 2.54. The summed E-state index contributed by atoms with van der Waals surface area (Å²) in [5.41, 5.74) is 4.15. The highest BCUT2D eigenvalue weighted by atomic mass is 16.6. The third-order valence-corrected chi connectivity index (χ3v) is 5.17. The summed E-state index contributed by atoms with van der Waals surface area (Å²) in [5, 5.41) is 9.66. The molecule has 1 heterocycles. The molecule has 2 heteroatoms. The number of hydrogen-bond acceptors (Lipinski definition) is 2. The Morgan fingerprint density at radius 1 is 1.18 bits per heavy atom. The lowest BCUT2D eigenvalue weighted by Gasteiger charge is -2.13. The van der Waals surface area contributed by atoms with Crippen molar-refractivity contribution in [3.8, 4) is 0 Å². The Morgan fingerprint density at radius 3 is 2.64 bits per heavy atom. The van der Waals surface area contributed by atoms with Crippen LogP contribution in [-0.4, -0.2) is 23.4 Å². The molecule has 0 aromatic carbocycles. The van der Waals surface area contributed by atoms with Gasteiger partial charge in [-0.1, -0.05) is 48.8 Å². The molecule has 22 heavy (non-hydrogen) atoms. The van der Waals surface area contributed by atoms with Crippen LogP contribution >= 0.6 is 0 Å². The van der Waals surface area contributed by atoms with Crippen LogP contribution in [0.5, 0.6) is 0 Å². The molecule has 1 saturated heterocycles. The van der Waals surface area contributed by atoms with E-state index in [2.05, 4.69) is 45.9 Å². The average molecular weight is 304 g/mol. The maximum absolute atomic E-state index is 9.66. The van der Waals surface area contributed by atoms with Gasteiger partial charge >= 0.3 is 0 Å². The second-order valence-electron chi connectivity index (χ2n) is 7.37. The van der Waals surface area contributed by atoms with Gasteiger partial charge in [0.25, 0.3) is 0 Å². The highest BCUT2D eigenvalue weighted by Crippen LogP contribution is 2.43. The van der Waals surface area contributed by atoms with Crippen molar-refractivity contribution in [2.75, 3.05) is 6.61 Å². The van der Waals surface area contributed by atoms with Crippen molar-refractivity contribution in [3.63, 3.8) is 0 Å². The number of ether oxygens (including phenoxy) is 1. The second kappa shape index (κ2) is 7.61. The first-order chi connectivity index (χ1) is 10.5. The quantitative estimate of drug-likeness (QED) is 0.578. The standard InChI is InChI=1S/C20H32O2/c1-15(2)18-10-7-16(3)6-5-13-20(14-21)19(22-20)12-9-17(4)8-11-18/h6,8,11,15,19,21H,5,7,9-10,12-14H2,1-4H3/b16-6+,17-8+,18-11+/t19-,20+/m0/s1. The minimum atomic E-state index is -0.250. The van der Waals surface area contributed by atoms with E-state index in [0.717, 1.165) is 38.5 Å². The molecular formula is C20H32O2. The fourth-order valence-corrected chi connectivity index (χ4v) is 3.27. The summed E-state index contributed by atoms with van der Waals surface area (Å²) < 4.78 is 5.85. The number of rotatable bonds is 2. The summed E-state index contributed by atoms with van der Waals surface area (Å²) in [7, 11) is 0. The molecule has 1 aliphatic heterocycles. The van der Waals surface area contributed by atoms with Gasteiger partial charge in [-0.05, 0) is 58.3 Å². The number of hydrogen-bond donors (Lipinski definition) is 1. The van der Waals surface area contributed by atoms with Crippen molar-refractivity contribution in [1.82, 2.24) is 0 Å². The summed E-state index contributed by atoms with van der Waals surface area (Å²) in [6.07, 6.45) is 13.5. The van der Waals surface area contributed by atoms with Crippen molar-refractivity contribution in [3.05, 3.63) is 34.9 Å². The monoisotopic (exact) mass is 304 g/mol. The van der Waals surface area contributed by atoms with E-state index in [1.54, 1.807) is 0 Å². The highest BCUT2D eigenvalue weighted by molar-refractivity contribution is 5.20. The smallest absolute Gasteiger partial charge is 0.118 e. The van der Waals surface area contributed by atoms with Crippen molar-refractivity contribution in [1.29, 1.82) is 0 Å². The molecule has 0 aromatic rings. The molecule has 2 rings (SSSR count). The van der Waals surface area contributed by atoms with Crippen molar-refractivity contribution >= 4 is 0 Å². The van der Waals surface area contributed by atoms with Crippen LogP contribution in [0.3, 0.4) is 0 Å². The van der Waals surface area contributed by atoms with Crippen LogP contribution in [0.25, 0.3) is 0 Å². The Morgan fingerprint density at radius 2 is 1.95 bits per heavy atom. The predicted molar refractivity (Wildman–Crippen MR) is 92.8 cm³/mol. The summed E-state index contributed by atoms with van der Waals surface area (Å²) >= 11 is 0. The van der Waals surface area contributed by atoms with Gasteiger partial charge in [-0.3, -0.25) is 0 Å². The fourth-order valence-electron chi connectivity index (χ4n) is 3.27. The second-order valence-corrected chi connectivity index (χ2v) is 7.37. The molecule has 0 unspecified atom stereocenters. The molecule has 0 saturated carbocycles. The van der Waals surface area contributed by atoms with E-state index >= 15 is 0 Å². The SMILES string of the molecule is C/C1=C\CC[C@]2(CO)O[C@H]2CC/C(C)=C/C=C(/C(C)C)CC1. The maximum atomic E-state index is 9.66. The number of aliphatic hydroxyl groups excluding tert-OH is 1. The molecule has 0 radical (unpaired) electrons. The summed E-state index contributed by atoms with van der Waals surface area (Å²) in [6.45, 7) is 9.15. The minimum absolute atomic E-state index is 0.157. The van der Waals surface area contributed by atoms with E-state index < -0.39 is 0 Å². The number of aliphatic hydroxyl groups is 1. The molecule has 0 amide bonds. The molecule has 1 fully saturated rings. The van der Waals surface area contributed by atoms with E-state index in [-0.39, 0.29) is 18.3 Å². The Hall–Kier alpha value is -0.860. The van der Waals surface area contributed by atoms with E-state index in [0.29, 0.717) is 5.92 Å². The first-order valence-electron chi connectivity index (χ1n) is 8.77. The molecule has 2 aliphatic rings. The molecule has 0 aromatic heterocycles. The molecule has 0 spiro atoms. The summed E-state index contributed by atoms with van der Waals surface area (Å²) in [4.78, 5) is 0. The zero-order chi connectivity index (χ0) is 16.2. The van der Waals surface area contributed by atoms with Gasteiger partial charge in [0.05, 0.1) is 12.7 Å². The van der Waals surface area contributed by atoms with Gasteiger partial charge in [0, 0.05) is 0 Å². The lowest BCUT2D eigenvalue weighted by Crippen LogP contribution is -2.20. The van der Waals surface area contributed by atoms with Crippen LogP contribution in [0.4, 0.5) is 0 Å². The van der Waals surface area contributed by atoms with E-state index in [9.17, 15) is 5.11 Å². The lowest BCUT2D eigenvalue weighted by molar-refractivity contribution is 0.164. The molecule has 0 bridgehead atoms. The summed E-state index contributed by atoms with van der Waals surface area (Å²) in [5.74, 6) is 0.610. The van der Waals surface area contributed by atoms with Gasteiger partial charge in [-0.15, -0.1) is 0 Å². The molecule has 2 atom stereocenters.